The van der Waals surface area contributed by atoms with Crippen LogP contribution in [0.4, 0.5) is 5.69 Å². The number of aryl methyl sites for hydroxylation is 2. The second-order valence-corrected chi connectivity index (χ2v) is 7.75. The second kappa shape index (κ2) is 7.55. The summed E-state index contributed by atoms with van der Waals surface area (Å²) in [5.74, 6) is 1.34. The van der Waals surface area contributed by atoms with Crippen molar-refractivity contribution >= 4 is 23.4 Å². The Kier molecular flexibility index (Phi) is 4.95. The number of hydrogen-bond acceptors (Lipinski definition) is 6. The molecular weight excluding hydrogens is 374 g/mol. The van der Waals surface area contributed by atoms with Crippen LogP contribution in [0.5, 0.6) is 5.75 Å². The number of hydrogen-bond donors (Lipinski definition) is 2. The first-order valence-electron chi connectivity index (χ1n) is 8.92. The number of carbonyl (C=O) groups excluding carboxylic acids is 1. The van der Waals surface area contributed by atoms with Gasteiger partial charge in [-0.25, -0.2) is 4.68 Å². The van der Waals surface area contributed by atoms with Crippen molar-refractivity contribution in [1.82, 2.24) is 14.9 Å². The highest BCUT2D eigenvalue weighted by Gasteiger charge is 2.37. The highest BCUT2D eigenvalue weighted by Crippen LogP contribution is 2.37. The number of benzene rings is 2. The smallest absolute Gasteiger partial charge is 0.240 e. The van der Waals surface area contributed by atoms with E-state index in [0.29, 0.717) is 16.6 Å². The van der Waals surface area contributed by atoms with Crippen LogP contribution in [-0.4, -0.2) is 33.1 Å². The van der Waals surface area contributed by atoms with E-state index < -0.39 is 5.25 Å². The second-order valence-electron chi connectivity index (χ2n) is 6.64. The number of amides is 1. The van der Waals surface area contributed by atoms with Gasteiger partial charge in [0.05, 0.1) is 13.2 Å². The first-order valence-corrected chi connectivity index (χ1v) is 9.80. The van der Waals surface area contributed by atoms with Crippen LogP contribution in [0.15, 0.2) is 53.7 Å². The number of ether oxygens (including phenoxy) is 1. The molecule has 0 spiro atoms. The maximum atomic E-state index is 13.2. The van der Waals surface area contributed by atoms with Crippen molar-refractivity contribution in [2.24, 2.45) is 0 Å². The van der Waals surface area contributed by atoms with Gasteiger partial charge in [-0.1, -0.05) is 47.7 Å². The fourth-order valence-electron chi connectivity index (χ4n) is 3.10. The summed E-state index contributed by atoms with van der Waals surface area (Å²) in [5.41, 5.74) is 6.30. The molecule has 7 nitrogen and oxygen atoms in total. The lowest BCUT2D eigenvalue weighted by Crippen LogP contribution is -2.41. The minimum atomic E-state index is -0.412. The van der Waals surface area contributed by atoms with Crippen LogP contribution in [0.1, 0.15) is 23.0 Å². The zero-order valence-corrected chi connectivity index (χ0v) is 16.7. The fourth-order valence-corrected chi connectivity index (χ4v) is 4.22. The molecule has 1 aliphatic heterocycles. The zero-order valence-electron chi connectivity index (χ0n) is 15.8. The van der Waals surface area contributed by atoms with Crippen molar-refractivity contribution in [3.8, 4) is 5.75 Å². The van der Waals surface area contributed by atoms with Crippen molar-refractivity contribution < 1.29 is 9.53 Å². The predicted molar refractivity (Wildman–Crippen MR) is 109 cm³/mol. The molecule has 2 atom stereocenters. The van der Waals surface area contributed by atoms with Gasteiger partial charge in [0.1, 0.15) is 16.8 Å². The molecule has 8 heteroatoms. The Bertz CT molecular complexity index is 1000. The Hall–Kier alpha value is -3.00. The van der Waals surface area contributed by atoms with Crippen LogP contribution < -0.4 is 15.5 Å². The summed E-state index contributed by atoms with van der Waals surface area (Å²) in [6.45, 7) is 3.93. The van der Waals surface area contributed by atoms with E-state index in [9.17, 15) is 4.79 Å². The van der Waals surface area contributed by atoms with E-state index in [2.05, 4.69) is 20.9 Å². The van der Waals surface area contributed by atoms with Gasteiger partial charge in [0.15, 0.2) is 0 Å². The number of nitrogens with zero attached hydrogens (tertiary/aromatic N) is 3. The number of rotatable bonds is 4. The lowest BCUT2D eigenvalue weighted by Gasteiger charge is -2.32. The molecule has 0 fully saturated rings. The molecule has 0 bridgehead atoms. The molecule has 1 amide bonds. The van der Waals surface area contributed by atoms with Crippen molar-refractivity contribution in [3.05, 3.63) is 65.5 Å². The SMILES string of the molecule is COc1cccc(NC(=O)[C@H]2Sc3nnc(C)n3N[C@H]2c2ccc(C)cc2)c1. The molecule has 0 saturated carbocycles. The van der Waals surface area contributed by atoms with Gasteiger partial charge in [-0.15, -0.1) is 10.2 Å². The average molecular weight is 395 g/mol. The van der Waals surface area contributed by atoms with E-state index in [4.69, 9.17) is 4.74 Å². The summed E-state index contributed by atoms with van der Waals surface area (Å²) in [6.07, 6.45) is 0. The first-order chi connectivity index (χ1) is 13.5. The summed E-state index contributed by atoms with van der Waals surface area (Å²) in [4.78, 5) is 13.2. The summed E-state index contributed by atoms with van der Waals surface area (Å²) < 4.78 is 7.08. The van der Waals surface area contributed by atoms with Crippen LogP contribution in [-0.2, 0) is 4.79 Å². The Balaban J connectivity index is 1.65. The number of thioether (sulfide) groups is 1. The summed E-state index contributed by atoms with van der Waals surface area (Å²) in [7, 11) is 1.60. The fraction of sp³-hybridized carbons (Fsp3) is 0.250. The molecule has 2 N–H and O–H groups in total. The normalized spacial score (nSPS) is 18.1. The summed E-state index contributed by atoms with van der Waals surface area (Å²) in [6, 6.07) is 15.3. The van der Waals surface area contributed by atoms with Crippen molar-refractivity contribution in [2.45, 2.75) is 30.3 Å². The molecule has 0 unspecified atom stereocenters. The van der Waals surface area contributed by atoms with Crippen molar-refractivity contribution in [2.75, 3.05) is 17.9 Å². The van der Waals surface area contributed by atoms with Crippen LogP contribution in [0.25, 0.3) is 0 Å². The molecule has 0 saturated heterocycles. The van der Waals surface area contributed by atoms with Gasteiger partial charge in [0, 0.05) is 11.8 Å². The van der Waals surface area contributed by atoms with E-state index in [1.807, 2.05) is 61.0 Å². The van der Waals surface area contributed by atoms with Gasteiger partial charge >= 0.3 is 0 Å². The van der Waals surface area contributed by atoms with Gasteiger partial charge < -0.3 is 15.5 Å². The number of anilines is 1. The molecule has 3 aromatic rings. The number of methoxy groups -OCH3 is 1. The molecule has 4 rings (SSSR count). The maximum Gasteiger partial charge on any atom is 0.240 e. The number of fused-ring (bicyclic) bond motifs is 1. The minimum absolute atomic E-state index is 0.108. The highest BCUT2D eigenvalue weighted by molar-refractivity contribution is 8.00. The van der Waals surface area contributed by atoms with E-state index in [1.165, 1.54) is 17.3 Å². The predicted octanol–water partition coefficient (Wildman–Crippen LogP) is 3.30. The standard InChI is InChI=1S/C20H21N5O2S/c1-12-7-9-14(10-8-12)17-18(28-20-23-22-13(2)25(20)24-17)19(26)21-15-5-4-6-16(11-15)27-3/h4-11,17-18,24H,1-3H3,(H,21,26)/t17-,18-/m0/s1. The lowest BCUT2D eigenvalue weighted by atomic mass is 10.0. The molecular formula is C20H21N5O2S. The molecule has 2 heterocycles. The van der Waals surface area contributed by atoms with Gasteiger partial charge in [-0.05, 0) is 31.5 Å². The third-order valence-electron chi connectivity index (χ3n) is 4.63. The molecule has 28 heavy (non-hydrogen) atoms. The topological polar surface area (TPSA) is 81.1 Å². The van der Waals surface area contributed by atoms with E-state index in [0.717, 1.165) is 11.4 Å². The van der Waals surface area contributed by atoms with E-state index >= 15 is 0 Å². The summed E-state index contributed by atoms with van der Waals surface area (Å²) in [5, 5.41) is 11.6. The van der Waals surface area contributed by atoms with Crippen molar-refractivity contribution in [3.63, 3.8) is 0 Å². The number of nitrogens with one attached hydrogen (secondary N) is 2. The maximum absolute atomic E-state index is 13.2. The Morgan fingerprint density at radius 3 is 2.71 bits per heavy atom. The van der Waals surface area contributed by atoms with Crippen LogP contribution in [0.3, 0.4) is 0 Å². The molecule has 2 aromatic carbocycles. The Morgan fingerprint density at radius 1 is 1.18 bits per heavy atom. The van der Waals surface area contributed by atoms with Crippen LogP contribution in [0.2, 0.25) is 0 Å². The van der Waals surface area contributed by atoms with Crippen molar-refractivity contribution in [1.29, 1.82) is 0 Å². The van der Waals surface area contributed by atoms with Gasteiger partial charge in [-0.3, -0.25) is 4.79 Å². The summed E-state index contributed by atoms with van der Waals surface area (Å²) >= 11 is 1.41. The van der Waals surface area contributed by atoms with Crippen LogP contribution >= 0.6 is 11.8 Å². The average Bonchev–Trinajstić information content (AvgIpc) is 3.08. The largest absolute Gasteiger partial charge is 0.497 e. The lowest BCUT2D eigenvalue weighted by molar-refractivity contribution is -0.116. The van der Waals surface area contributed by atoms with Gasteiger partial charge in [0.25, 0.3) is 0 Å². The molecule has 1 aliphatic rings. The van der Waals surface area contributed by atoms with Crippen LogP contribution in [0, 0.1) is 13.8 Å². The number of carbonyl (C=O) groups is 1. The molecule has 0 radical (unpaired) electrons. The molecule has 144 valence electrons. The van der Waals surface area contributed by atoms with Gasteiger partial charge in [0.2, 0.25) is 11.1 Å². The molecule has 1 aromatic heterocycles. The third kappa shape index (κ3) is 3.55. The minimum Gasteiger partial charge on any atom is -0.497 e. The Morgan fingerprint density at radius 2 is 1.96 bits per heavy atom. The monoisotopic (exact) mass is 395 g/mol. The quantitative estimate of drug-likeness (QED) is 0.706. The zero-order chi connectivity index (χ0) is 19.7. The van der Waals surface area contributed by atoms with E-state index in [1.54, 1.807) is 13.2 Å². The third-order valence-corrected chi connectivity index (χ3v) is 5.85. The highest BCUT2D eigenvalue weighted by atomic mass is 32.2. The Labute approximate surface area is 167 Å². The molecule has 0 aliphatic carbocycles. The first kappa shape index (κ1) is 18.4. The van der Waals surface area contributed by atoms with Gasteiger partial charge in [-0.2, -0.15) is 0 Å². The number of aromatic nitrogens is 3. The van der Waals surface area contributed by atoms with E-state index in [-0.39, 0.29) is 11.9 Å².